The van der Waals surface area contributed by atoms with Crippen LogP contribution in [0.15, 0.2) is 91.0 Å². The zero-order valence-electron chi connectivity index (χ0n) is 37.5. The minimum atomic E-state index is -3.92. The summed E-state index contributed by atoms with van der Waals surface area (Å²) in [6.07, 6.45) is 0.778. The number of amidine groups is 2. The molecule has 0 aliphatic carbocycles. The van der Waals surface area contributed by atoms with Gasteiger partial charge in [-0.1, -0.05) is 6.07 Å². The number of hydrogen-bond acceptors (Lipinski definition) is 20. The van der Waals surface area contributed by atoms with Crippen molar-refractivity contribution in [3.05, 3.63) is 119 Å². The van der Waals surface area contributed by atoms with Gasteiger partial charge in [-0.25, -0.2) is 4.79 Å². The van der Waals surface area contributed by atoms with Crippen LogP contribution in [0.5, 0.6) is 57.5 Å². The number of phenols is 7. The predicted octanol–water partition coefficient (Wildman–Crippen LogP) is 3.14. The van der Waals surface area contributed by atoms with E-state index in [1.165, 1.54) is 24.3 Å². The van der Waals surface area contributed by atoms with Crippen LogP contribution in [0, 0.1) is 10.8 Å². The van der Waals surface area contributed by atoms with Crippen LogP contribution in [0.3, 0.4) is 0 Å². The maximum absolute atomic E-state index is 12.7. The Balaban J connectivity index is 0.000000301. The molecular weight excluding hydrogens is 981 g/mol. The molecule has 1 aliphatic heterocycles. The number of phenolic OH excluding ortho intramolecular Hbond substituents is 7. The first-order chi connectivity index (χ1) is 33.3. The van der Waals surface area contributed by atoms with E-state index < -0.39 is 86.1 Å². The van der Waals surface area contributed by atoms with Crippen molar-refractivity contribution in [3.63, 3.8) is 0 Å². The van der Waals surface area contributed by atoms with Gasteiger partial charge >= 0.3 is 5.97 Å². The van der Waals surface area contributed by atoms with Gasteiger partial charge in [0.2, 0.25) is 0 Å². The number of carbonyl (C=O) groups excluding carboxylic acids is 1. The fourth-order valence-electron chi connectivity index (χ4n) is 5.93. The summed E-state index contributed by atoms with van der Waals surface area (Å²) < 4.78 is 76.9. The number of aliphatic hydroxyl groups excluding tert-OH is 2. The second-order valence-corrected chi connectivity index (χ2v) is 18.0. The van der Waals surface area contributed by atoms with Gasteiger partial charge < -0.3 is 76.4 Å². The Hall–Kier alpha value is -7.75. The number of carbonyl (C=O) groups is 1. The normalized spacial score (nSPS) is 13.7. The molecule has 1 heterocycles. The highest BCUT2D eigenvalue weighted by molar-refractivity contribution is 7.86. The molecule has 0 fully saturated rings. The highest BCUT2D eigenvalue weighted by Crippen LogP contribution is 2.44. The van der Waals surface area contributed by atoms with E-state index in [1.807, 2.05) is 24.3 Å². The fraction of sp³-hybridized carbons (Fsp3) is 0.267. The molecule has 0 saturated carbocycles. The average Bonchev–Trinajstić information content (AvgIpc) is 3.28. The summed E-state index contributed by atoms with van der Waals surface area (Å²) in [7, 11) is -7.85. The van der Waals surface area contributed by atoms with Crippen LogP contribution >= 0.6 is 0 Å². The second-order valence-electron chi connectivity index (χ2n) is 14.9. The molecule has 26 heteroatoms. The fourth-order valence-corrected chi connectivity index (χ4v) is 6.39. The summed E-state index contributed by atoms with van der Waals surface area (Å²) in [6.45, 7) is 0.233. The van der Waals surface area contributed by atoms with Gasteiger partial charge in [-0.2, -0.15) is 16.8 Å². The number of aromatic hydroxyl groups is 7. The van der Waals surface area contributed by atoms with Crippen molar-refractivity contribution in [1.29, 1.82) is 10.8 Å². The lowest BCUT2D eigenvalue weighted by molar-refractivity contribution is -0.0189. The summed E-state index contributed by atoms with van der Waals surface area (Å²) in [5.41, 5.74) is 12.5. The van der Waals surface area contributed by atoms with Crippen molar-refractivity contribution in [2.45, 2.75) is 37.9 Å². The molecule has 17 N–H and O–H groups in total. The first-order valence-corrected chi connectivity index (χ1v) is 24.0. The lowest BCUT2D eigenvalue weighted by atomic mass is 9.93. The molecule has 0 spiro atoms. The number of rotatable bonds is 17. The van der Waals surface area contributed by atoms with Crippen molar-refractivity contribution in [3.8, 4) is 57.5 Å². The molecule has 24 nitrogen and oxygen atoms in total. The maximum atomic E-state index is 12.7. The van der Waals surface area contributed by atoms with Crippen LogP contribution in [0.2, 0.25) is 0 Å². The van der Waals surface area contributed by atoms with Crippen LogP contribution in [-0.4, -0.2) is 134 Å². The number of benzene rings is 5. The minimum absolute atomic E-state index is 0.0461. The van der Waals surface area contributed by atoms with Crippen molar-refractivity contribution in [2.75, 3.05) is 37.9 Å². The highest BCUT2D eigenvalue weighted by atomic mass is 32.2. The van der Waals surface area contributed by atoms with Gasteiger partial charge in [0, 0.05) is 40.8 Å². The molecule has 386 valence electrons. The third-order valence-corrected chi connectivity index (χ3v) is 10.8. The number of aliphatic hydroxyl groups is 2. The Bertz CT molecular complexity index is 2690. The number of nitrogens with one attached hydrogen (secondary N) is 2. The van der Waals surface area contributed by atoms with E-state index in [2.05, 4.69) is 0 Å². The van der Waals surface area contributed by atoms with Crippen molar-refractivity contribution >= 4 is 37.9 Å². The van der Waals surface area contributed by atoms with Crippen LogP contribution in [0.25, 0.3) is 0 Å². The number of nitrogen functional groups attached to an aromatic ring is 2. The second kappa shape index (κ2) is 26.9. The van der Waals surface area contributed by atoms with E-state index in [0.29, 0.717) is 29.9 Å². The monoisotopic (exact) mass is 1030 g/mol. The molecule has 0 amide bonds. The van der Waals surface area contributed by atoms with E-state index in [0.717, 1.165) is 49.0 Å². The standard InChI is InChI=1S/C22H18O10.C19H24N4O2.2C2H6O4S/c23-11-6-14(25)12-8-19(32-22(30)10-4-16(27)20(29)17(28)5-10)21(31-18(12)7-11)9-1-2-13(24)15(26)3-9;20-18(21)14-4-8-16(9-5-14)24-12-2-1-3-13-25-17-10-6-15(7-11-17)19(22)23;2*3-1-2-7(4,5)6/h1-7,19,21,23-29H,8H2;4-11H,1-3,12-13H2,(H3,20,21)(H3,22,23);2*3H,1-2H2,(H,4,5,6). The Morgan fingerprint density at radius 1 is 0.606 bits per heavy atom. The topological polar surface area (TPSA) is 445 Å². The lowest BCUT2D eigenvalue weighted by Crippen LogP contribution is -2.34. The number of ether oxygens (including phenoxy) is 4. The number of fused-ring (bicyclic) bond motifs is 1. The largest absolute Gasteiger partial charge is 0.508 e. The van der Waals surface area contributed by atoms with E-state index in [1.54, 1.807) is 24.3 Å². The number of esters is 1. The lowest BCUT2D eigenvalue weighted by Gasteiger charge is -2.34. The SMILES string of the molecule is N=C(N)c1ccc(OCCCCCOc2ccc(C(=N)N)cc2)cc1.O=C(OC1Cc2c(O)cc(O)cc2OC1c1ccc(O)c(O)c1)c1cc(O)c(O)c(O)c1.O=S(=O)(O)CCO.O=S(=O)(O)CCO. The first-order valence-electron chi connectivity index (χ1n) is 20.8. The quantitative estimate of drug-likeness (QED) is 0.0159. The maximum Gasteiger partial charge on any atom is 0.338 e. The Morgan fingerprint density at radius 2 is 1.08 bits per heavy atom. The van der Waals surface area contributed by atoms with E-state index >= 15 is 0 Å². The molecule has 0 aromatic heterocycles. The van der Waals surface area contributed by atoms with E-state index in [-0.39, 0.29) is 52.2 Å². The zero-order valence-corrected chi connectivity index (χ0v) is 39.1. The molecule has 6 rings (SSSR count). The molecule has 5 aromatic rings. The van der Waals surface area contributed by atoms with Crippen LogP contribution in [-0.2, 0) is 31.4 Å². The molecule has 71 heavy (non-hydrogen) atoms. The molecule has 2 atom stereocenters. The van der Waals surface area contributed by atoms with Crippen molar-refractivity contribution in [1.82, 2.24) is 0 Å². The summed E-state index contributed by atoms with van der Waals surface area (Å²) >= 11 is 0. The summed E-state index contributed by atoms with van der Waals surface area (Å²) in [5, 5.41) is 98.6. The Labute approximate surface area is 406 Å². The highest BCUT2D eigenvalue weighted by Gasteiger charge is 2.37. The van der Waals surface area contributed by atoms with Gasteiger partial charge in [-0.15, -0.1) is 0 Å². The van der Waals surface area contributed by atoms with Gasteiger partial charge in [0.1, 0.15) is 46.5 Å². The zero-order chi connectivity index (χ0) is 53.1. The van der Waals surface area contributed by atoms with Gasteiger partial charge in [0.05, 0.1) is 43.5 Å². The van der Waals surface area contributed by atoms with Crippen LogP contribution < -0.4 is 25.7 Å². The molecular formula is C45H54N4O20S2. The van der Waals surface area contributed by atoms with Crippen molar-refractivity contribution < 1.29 is 95.6 Å². The molecule has 0 bridgehead atoms. The molecule has 2 unspecified atom stereocenters. The Kier molecular flexibility index (Phi) is 21.8. The third-order valence-electron chi connectivity index (χ3n) is 9.41. The van der Waals surface area contributed by atoms with Gasteiger partial charge in [0.15, 0.2) is 34.9 Å². The first kappa shape index (κ1) is 57.6. The summed E-state index contributed by atoms with van der Waals surface area (Å²) in [6, 6.07) is 22.5. The molecule has 0 radical (unpaired) electrons. The number of unbranched alkanes of at least 4 members (excludes halogenated alkanes) is 2. The van der Waals surface area contributed by atoms with Crippen LogP contribution in [0.1, 0.15) is 58.0 Å². The number of hydrogen-bond donors (Lipinski definition) is 15. The average molecular weight is 1040 g/mol. The van der Waals surface area contributed by atoms with E-state index in [9.17, 15) is 57.4 Å². The molecule has 5 aromatic carbocycles. The van der Waals surface area contributed by atoms with E-state index in [4.69, 9.17) is 60.6 Å². The third kappa shape index (κ3) is 19.6. The molecule has 0 saturated heterocycles. The number of nitrogens with two attached hydrogens (primary N) is 2. The van der Waals surface area contributed by atoms with Gasteiger partial charge in [-0.3, -0.25) is 19.9 Å². The Morgan fingerprint density at radius 3 is 1.49 bits per heavy atom. The molecule has 1 aliphatic rings. The minimum Gasteiger partial charge on any atom is -0.508 e. The van der Waals surface area contributed by atoms with Crippen molar-refractivity contribution in [2.24, 2.45) is 11.5 Å². The van der Waals surface area contributed by atoms with Gasteiger partial charge in [-0.05, 0) is 92.1 Å². The summed E-state index contributed by atoms with van der Waals surface area (Å²) in [5.74, 6) is -3.90. The summed E-state index contributed by atoms with van der Waals surface area (Å²) in [4.78, 5) is 12.7. The predicted molar refractivity (Wildman–Crippen MR) is 254 cm³/mol. The van der Waals surface area contributed by atoms with Gasteiger partial charge in [0.25, 0.3) is 20.2 Å². The van der Waals surface area contributed by atoms with Crippen LogP contribution in [0.4, 0.5) is 0 Å². The smallest absolute Gasteiger partial charge is 0.338 e.